The first-order valence-electron chi connectivity index (χ1n) is 6.47. The van der Waals surface area contributed by atoms with Crippen molar-refractivity contribution < 1.29 is 4.79 Å². The third-order valence-corrected chi connectivity index (χ3v) is 3.98. The Morgan fingerprint density at radius 1 is 1.50 bits per heavy atom. The van der Waals surface area contributed by atoms with Crippen LogP contribution in [0.25, 0.3) is 0 Å². The fourth-order valence-electron chi connectivity index (χ4n) is 2.96. The van der Waals surface area contributed by atoms with Gasteiger partial charge in [0.1, 0.15) is 0 Å². The van der Waals surface area contributed by atoms with Gasteiger partial charge in [0.25, 0.3) is 0 Å². The molecule has 0 aromatic heterocycles. The van der Waals surface area contributed by atoms with Crippen molar-refractivity contribution in [2.75, 3.05) is 19.6 Å². The summed E-state index contributed by atoms with van der Waals surface area (Å²) in [6.45, 7) is 4.93. The van der Waals surface area contributed by atoms with Crippen molar-refractivity contribution in [3.63, 3.8) is 0 Å². The summed E-state index contributed by atoms with van der Waals surface area (Å²) >= 11 is 0. The minimum absolute atomic E-state index is 0.0560. The molecule has 0 saturated carbocycles. The van der Waals surface area contributed by atoms with Gasteiger partial charge in [-0.25, -0.2) is 0 Å². The van der Waals surface area contributed by atoms with E-state index in [1.807, 2.05) is 6.92 Å². The van der Waals surface area contributed by atoms with Crippen LogP contribution in [0.3, 0.4) is 0 Å². The van der Waals surface area contributed by atoms with Crippen LogP contribution in [0.15, 0.2) is 0 Å². The van der Waals surface area contributed by atoms with E-state index >= 15 is 0 Å². The van der Waals surface area contributed by atoms with Gasteiger partial charge in [0, 0.05) is 24.5 Å². The molecule has 0 aromatic rings. The van der Waals surface area contributed by atoms with Crippen LogP contribution in [0.1, 0.15) is 32.6 Å². The highest BCUT2D eigenvalue weighted by atomic mass is 16.1. The molecular weight excluding hydrogens is 202 g/mol. The minimum atomic E-state index is 0.0560. The molecule has 2 aliphatic rings. The maximum atomic E-state index is 11.9. The van der Waals surface area contributed by atoms with Crippen molar-refractivity contribution in [1.29, 1.82) is 0 Å². The van der Waals surface area contributed by atoms with Crippen molar-refractivity contribution in [2.24, 2.45) is 11.7 Å². The summed E-state index contributed by atoms with van der Waals surface area (Å²) in [4.78, 5) is 14.4. The Kier molecular flexibility index (Phi) is 3.82. The van der Waals surface area contributed by atoms with E-state index < -0.39 is 0 Å². The topological polar surface area (TPSA) is 58.4 Å². The number of nitrogens with zero attached hydrogens (tertiary/aromatic N) is 1. The van der Waals surface area contributed by atoms with Gasteiger partial charge in [0.2, 0.25) is 5.91 Å². The second-order valence-corrected chi connectivity index (χ2v) is 5.13. The maximum absolute atomic E-state index is 11.9. The first-order chi connectivity index (χ1) is 7.72. The molecule has 2 saturated heterocycles. The summed E-state index contributed by atoms with van der Waals surface area (Å²) < 4.78 is 0. The van der Waals surface area contributed by atoms with Crippen molar-refractivity contribution >= 4 is 5.91 Å². The van der Waals surface area contributed by atoms with Gasteiger partial charge >= 0.3 is 0 Å². The molecule has 1 amide bonds. The Hall–Kier alpha value is -0.610. The van der Waals surface area contributed by atoms with Crippen LogP contribution in [0.5, 0.6) is 0 Å². The van der Waals surface area contributed by atoms with Gasteiger partial charge in [0.05, 0.1) is 0 Å². The molecule has 3 N–H and O–H groups in total. The van der Waals surface area contributed by atoms with Crippen molar-refractivity contribution in [3.8, 4) is 0 Å². The van der Waals surface area contributed by atoms with Gasteiger partial charge in [-0.05, 0) is 38.8 Å². The Labute approximate surface area is 97.6 Å². The number of nitrogens with two attached hydrogens (primary N) is 1. The second-order valence-electron chi connectivity index (χ2n) is 5.13. The van der Waals surface area contributed by atoms with E-state index in [1.165, 1.54) is 19.4 Å². The lowest BCUT2D eigenvalue weighted by Gasteiger charge is -2.22. The Bertz CT molecular complexity index is 257. The molecule has 0 bridgehead atoms. The van der Waals surface area contributed by atoms with Crippen LogP contribution in [0.4, 0.5) is 0 Å². The SMILES string of the molecule is CC(CCN)C(=O)NC1CCN2CCCC12. The first kappa shape index (κ1) is 11.9. The van der Waals surface area contributed by atoms with E-state index in [-0.39, 0.29) is 11.8 Å². The number of nitrogens with one attached hydrogen (secondary N) is 1. The molecule has 2 fully saturated rings. The first-order valence-corrected chi connectivity index (χ1v) is 6.47. The lowest BCUT2D eigenvalue weighted by atomic mass is 10.0. The lowest BCUT2D eigenvalue weighted by Crippen LogP contribution is -2.44. The zero-order valence-electron chi connectivity index (χ0n) is 10.1. The number of carbonyl (C=O) groups excluding carboxylic acids is 1. The molecule has 16 heavy (non-hydrogen) atoms. The number of carbonyl (C=O) groups is 1. The van der Waals surface area contributed by atoms with E-state index in [0.29, 0.717) is 18.6 Å². The summed E-state index contributed by atoms with van der Waals surface area (Å²) in [6, 6.07) is 0.990. The van der Waals surface area contributed by atoms with Crippen molar-refractivity contribution in [1.82, 2.24) is 10.2 Å². The van der Waals surface area contributed by atoms with E-state index in [2.05, 4.69) is 10.2 Å². The standard InChI is InChI=1S/C12H23N3O/c1-9(4-6-13)12(16)14-10-5-8-15-7-2-3-11(10)15/h9-11H,2-8,13H2,1H3,(H,14,16). The van der Waals surface area contributed by atoms with E-state index in [0.717, 1.165) is 19.4 Å². The highest BCUT2D eigenvalue weighted by Gasteiger charge is 2.38. The zero-order chi connectivity index (χ0) is 11.5. The van der Waals surface area contributed by atoms with Crippen LogP contribution in [-0.2, 0) is 4.79 Å². The van der Waals surface area contributed by atoms with Crippen LogP contribution in [-0.4, -0.2) is 42.5 Å². The fraction of sp³-hybridized carbons (Fsp3) is 0.917. The second kappa shape index (κ2) is 5.15. The molecule has 2 aliphatic heterocycles. The number of amides is 1. The molecule has 2 rings (SSSR count). The number of rotatable bonds is 4. The summed E-state index contributed by atoms with van der Waals surface area (Å²) in [5.74, 6) is 0.240. The average Bonchev–Trinajstić information content (AvgIpc) is 2.83. The quantitative estimate of drug-likeness (QED) is 0.724. The molecule has 0 radical (unpaired) electrons. The van der Waals surface area contributed by atoms with Crippen LogP contribution < -0.4 is 11.1 Å². The third-order valence-electron chi connectivity index (χ3n) is 3.98. The molecule has 92 valence electrons. The maximum Gasteiger partial charge on any atom is 0.223 e. The van der Waals surface area contributed by atoms with Crippen LogP contribution in [0, 0.1) is 5.92 Å². The van der Waals surface area contributed by atoms with Crippen LogP contribution >= 0.6 is 0 Å². The number of fused-ring (bicyclic) bond motifs is 1. The molecule has 0 spiro atoms. The normalized spacial score (nSPS) is 31.4. The highest BCUT2D eigenvalue weighted by molar-refractivity contribution is 5.78. The van der Waals surface area contributed by atoms with Gasteiger partial charge in [-0.3, -0.25) is 9.69 Å². The van der Waals surface area contributed by atoms with Crippen molar-refractivity contribution in [2.45, 2.75) is 44.7 Å². The molecule has 0 aromatic carbocycles. The monoisotopic (exact) mass is 225 g/mol. The van der Waals surface area contributed by atoms with Gasteiger partial charge in [0.15, 0.2) is 0 Å². The van der Waals surface area contributed by atoms with Crippen LogP contribution in [0.2, 0.25) is 0 Å². The number of hydrogen-bond donors (Lipinski definition) is 2. The van der Waals surface area contributed by atoms with E-state index in [9.17, 15) is 4.79 Å². The Balaban J connectivity index is 1.83. The fourth-order valence-corrected chi connectivity index (χ4v) is 2.96. The minimum Gasteiger partial charge on any atom is -0.352 e. The third kappa shape index (κ3) is 2.38. The zero-order valence-corrected chi connectivity index (χ0v) is 10.1. The molecule has 2 heterocycles. The summed E-state index contributed by atoms with van der Waals surface area (Å²) in [6.07, 6.45) is 4.43. The van der Waals surface area contributed by atoms with E-state index in [1.54, 1.807) is 0 Å². The molecular formula is C12H23N3O. The van der Waals surface area contributed by atoms with Gasteiger partial charge in [-0.15, -0.1) is 0 Å². The molecule has 3 atom stereocenters. The molecule has 3 unspecified atom stereocenters. The van der Waals surface area contributed by atoms with Gasteiger partial charge in [-0.2, -0.15) is 0 Å². The summed E-state index contributed by atoms with van der Waals surface area (Å²) in [5, 5.41) is 3.20. The number of hydrogen-bond acceptors (Lipinski definition) is 3. The lowest BCUT2D eigenvalue weighted by molar-refractivity contribution is -0.125. The smallest absolute Gasteiger partial charge is 0.223 e. The average molecular weight is 225 g/mol. The molecule has 4 nitrogen and oxygen atoms in total. The van der Waals surface area contributed by atoms with E-state index in [4.69, 9.17) is 5.73 Å². The predicted molar refractivity (Wildman–Crippen MR) is 64.0 cm³/mol. The highest BCUT2D eigenvalue weighted by Crippen LogP contribution is 2.28. The van der Waals surface area contributed by atoms with Gasteiger partial charge < -0.3 is 11.1 Å². The van der Waals surface area contributed by atoms with Crippen molar-refractivity contribution in [3.05, 3.63) is 0 Å². The largest absolute Gasteiger partial charge is 0.352 e. The van der Waals surface area contributed by atoms with Gasteiger partial charge in [-0.1, -0.05) is 6.92 Å². The predicted octanol–water partition coefficient (Wildman–Crippen LogP) is 0.324. The Morgan fingerprint density at radius 2 is 2.31 bits per heavy atom. The summed E-state index contributed by atoms with van der Waals surface area (Å²) in [5.41, 5.74) is 5.47. The molecule has 4 heteroatoms. The Morgan fingerprint density at radius 3 is 3.06 bits per heavy atom. The molecule has 0 aliphatic carbocycles. The summed E-state index contributed by atoms with van der Waals surface area (Å²) in [7, 11) is 0.